The Kier molecular flexibility index (Phi) is 5.79. The molecule has 0 amide bonds. The zero-order chi connectivity index (χ0) is 19.7. The van der Waals surface area contributed by atoms with E-state index < -0.39 is 27.5 Å². The summed E-state index contributed by atoms with van der Waals surface area (Å²) in [6.45, 7) is 5.81. The van der Waals surface area contributed by atoms with Gasteiger partial charge in [-0.25, -0.2) is 4.39 Å². The molecule has 0 aliphatic heterocycles. The van der Waals surface area contributed by atoms with E-state index in [4.69, 9.17) is 5.73 Å². The van der Waals surface area contributed by atoms with Crippen molar-refractivity contribution in [1.82, 2.24) is 9.71 Å². The quantitative estimate of drug-likeness (QED) is 0.547. The maximum absolute atomic E-state index is 13.8. The molecule has 27 heavy (non-hydrogen) atoms. The van der Waals surface area contributed by atoms with Gasteiger partial charge < -0.3 is 10.3 Å². The molecule has 146 valence electrons. The van der Waals surface area contributed by atoms with E-state index in [9.17, 15) is 8.94 Å². The van der Waals surface area contributed by atoms with Crippen molar-refractivity contribution in [2.45, 2.75) is 56.7 Å². The van der Waals surface area contributed by atoms with E-state index >= 15 is 0 Å². The van der Waals surface area contributed by atoms with Crippen LogP contribution in [-0.4, -0.2) is 14.3 Å². The van der Waals surface area contributed by atoms with Crippen molar-refractivity contribution in [3.05, 3.63) is 59.7 Å². The number of nitrogens with one attached hydrogen (secondary N) is 1. The highest BCUT2D eigenvalue weighted by atomic mass is 32.2. The Balaban J connectivity index is 2.11. The molecule has 1 aliphatic carbocycles. The molecule has 1 aliphatic rings. The summed E-state index contributed by atoms with van der Waals surface area (Å²) in [7, 11) is 0. The number of rotatable bonds is 7. The summed E-state index contributed by atoms with van der Waals surface area (Å²) in [5.74, 6) is 0.260. The van der Waals surface area contributed by atoms with Gasteiger partial charge in [0.05, 0.1) is 5.69 Å². The first-order chi connectivity index (χ1) is 12.7. The van der Waals surface area contributed by atoms with Gasteiger partial charge >= 0.3 is 0 Å². The molecule has 1 saturated carbocycles. The van der Waals surface area contributed by atoms with E-state index in [1.807, 2.05) is 32.9 Å². The average Bonchev–Trinajstić information content (AvgIpc) is 3.45. The van der Waals surface area contributed by atoms with Crippen LogP contribution < -0.4 is 10.5 Å². The Morgan fingerprint density at radius 3 is 2.41 bits per heavy atom. The summed E-state index contributed by atoms with van der Waals surface area (Å²) in [5, 5.41) is 0. The molecule has 0 saturated heterocycles. The molecule has 3 N–H and O–H groups in total. The first-order valence-corrected chi connectivity index (χ1v) is 10.5. The molecule has 2 atom stereocenters. The Labute approximate surface area is 164 Å². The maximum atomic E-state index is 13.8. The molecule has 1 aromatic carbocycles. The van der Waals surface area contributed by atoms with E-state index in [0.717, 1.165) is 24.0 Å². The number of nitrogens with two attached hydrogens (primary N) is 1. The number of nitrogen functional groups attached to an aromatic ring is 1. The van der Waals surface area contributed by atoms with E-state index in [1.54, 1.807) is 24.5 Å². The van der Waals surface area contributed by atoms with Crippen LogP contribution >= 0.6 is 0 Å². The molecule has 4 nitrogen and oxygen atoms in total. The van der Waals surface area contributed by atoms with Crippen LogP contribution in [0, 0.1) is 11.7 Å². The smallest absolute Gasteiger partial charge is 0.146 e. The number of nitrogens with zero attached hydrogens (tertiary/aromatic N) is 1. The Bertz CT molecular complexity index is 777. The highest BCUT2D eigenvalue weighted by Crippen LogP contribution is 2.42. The predicted octanol–water partition coefficient (Wildman–Crippen LogP) is 4.29. The first-order valence-electron chi connectivity index (χ1n) is 9.38. The largest absolute Gasteiger partial charge is 0.598 e. The fourth-order valence-corrected chi connectivity index (χ4v) is 4.17. The summed E-state index contributed by atoms with van der Waals surface area (Å²) in [6, 6.07) is 8.65. The molecule has 0 unspecified atom stereocenters. The van der Waals surface area contributed by atoms with Crippen LogP contribution in [0.3, 0.4) is 0 Å². The SMILES string of the molecule is CC(C)(C)[S@+]([O-])N[C@](CCC1CC1)(c1ccncc1)c1ccc(F)c(N)c1. The van der Waals surface area contributed by atoms with Crippen molar-refractivity contribution in [3.63, 3.8) is 0 Å². The number of hydrogen-bond donors (Lipinski definition) is 2. The topological polar surface area (TPSA) is 74.0 Å². The zero-order valence-electron chi connectivity index (χ0n) is 16.2. The van der Waals surface area contributed by atoms with Gasteiger partial charge in [0.15, 0.2) is 0 Å². The lowest BCUT2D eigenvalue weighted by molar-refractivity contribution is 0.401. The normalized spacial score (nSPS) is 18.1. The zero-order valence-corrected chi connectivity index (χ0v) is 17.0. The van der Waals surface area contributed by atoms with Crippen LogP contribution in [0.25, 0.3) is 0 Å². The van der Waals surface area contributed by atoms with E-state index in [0.29, 0.717) is 5.92 Å². The second-order valence-corrected chi connectivity index (χ2v) is 10.3. The molecule has 0 radical (unpaired) electrons. The maximum Gasteiger partial charge on any atom is 0.146 e. The van der Waals surface area contributed by atoms with Crippen LogP contribution in [0.15, 0.2) is 42.7 Å². The number of anilines is 1. The van der Waals surface area contributed by atoms with Gasteiger partial charge in [-0.2, -0.15) is 0 Å². The third kappa shape index (κ3) is 4.62. The molecule has 3 rings (SSSR count). The minimum atomic E-state index is -1.32. The van der Waals surface area contributed by atoms with Gasteiger partial charge in [-0.1, -0.05) is 18.9 Å². The van der Waals surface area contributed by atoms with Gasteiger partial charge in [-0.3, -0.25) is 4.98 Å². The second kappa shape index (κ2) is 7.78. The van der Waals surface area contributed by atoms with E-state index in [1.165, 1.54) is 18.9 Å². The average molecular weight is 390 g/mol. The summed E-state index contributed by atoms with van der Waals surface area (Å²) < 4.78 is 29.9. The Morgan fingerprint density at radius 2 is 1.85 bits per heavy atom. The van der Waals surface area contributed by atoms with Crippen molar-refractivity contribution < 1.29 is 8.94 Å². The molecule has 2 aromatic rings. The summed E-state index contributed by atoms with van der Waals surface area (Å²) in [5.41, 5.74) is 7.06. The van der Waals surface area contributed by atoms with Crippen LogP contribution in [0.1, 0.15) is 57.6 Å². The number of benzene rings is 1. The standard InChI is InChI=1S/C21H28FN3OS/c1-20(2,3)27(26)25-21(11-8-15-4-5-15,16-9-12-24-13-10-16)17-6-7-18(22)19(23)14-17/h6-7,9-10,12-15,25H,4-5,8,11,23H2,1-3H3/t21-,27+/m1/s1. The molecule has 1 fully saturated rings. The van der Waals surface area contributed by atoms with Crippen LogP contribution in [0.4, 0.5) is 10.1 Å². The summed E-state index contributed by atoms with van der Waals surface area (Å²) in [4.78, 5) is 4.13. The monoisotopic (exact) mass is 389 g/mol. The molecule has 1 aromatic heterocycles. The van der Waals surface area contributed by atoms with E-state index in [2.05, 4.69) is 9.71 Å². The lowest BCUT2D eigenvalue weighted by atomic mass is 9.79. The molecular formula is C21H28FN3OS. The van der Waals surface area contributed by atoms with Crippen LogP contribution in [0.5, 0.6) is 0 Å². The van der Waals surface area contributed by atoms with Gasteiger partial charge in [0.2, 0.25) is 0 Å². The highest BCUT2D eigenvalue weighted by molar-refractivity contribution is 7.90. The number of halogens is 1. The number of aromatic nitrogens is 1. The van der Waals surface area contributed by atoms with Gasteiger partial charge in [-0.15, -0.1) is 4.72 Å². The third-order valence-corrected chi connectivity index (χ3v) is 6.76. The van der Waals surface area contributed by atoms with Gasteiger partial charge in [0, 0.05) is 23.8 Å². The van der Waals surface area contributed by atoms with Crippen molar-refractivity contribution in [3.8, 4) is 0 Å². The predicted molar refractivity (Wildman–Crippen MR) is 109 cm³/mol. The number of pyridine rings is 1. The van der Waals surface area contributed by atoms with Gasteiger partial charge in [-0.05, 0) is 74.9 Å². The number of hydrogen-bond acceptors (Lipinski definition) is 4. The van der Waals surface area contributed by atoms with E-state index in [-0.39, 0.29) is 5.69 Å². The molecular weight excluding hydrogens is 361 g/mol. The van der Waals surface area contributed by atoms with Gasteiger partial charge in [0.1, 0.15) is 16.1 Å². The third-order valence-electron chi connectivity index (χ3n) is 5.11. The molecule has 6 heteroatoms. The minimum Gasteiger partial charge on any atom is -0.598 e. The Hall–Kier alpha value is -1.63. The highest BCUT2D eigenvalue weighted by Gasteiger charge is 2.43. The fraction of sp³-hybridized carbons (Fsp3) is 0.476. The fourth-order valence-electron chi connectivity index (χ4n) is 3.21. The molecule has 1 heterocycles. The Morgan fingerprint density at radius 1 is 1.19 bits per heavy atom. The lowest BCUT2D eigenvalue weighted by Gasteiger charge is -2.38. The van der Waals surface area contributed by atoms with Crippen LogP contribution in [0.2, 0.25) is 0 Å². The van der Waals surface area contributed by atoms with Gasteiger partial charge in [0.25, 0.3) is 0 Å². The van der Waals surface area contributed by atoms with Crippen molar-refractivity contribution >= 4 is 17.0 Å². The lowest BCUT2D eigenvalue weighted by Crippen LogP contribution is -2.52. The van der Waals surface area contributed by atoms with Crippen molar-refractivity contribution in [2.24, 2.45) is 5.92 Å². The van der Waals surface area contributed by atoms with Crippen molar-refractivity contribution in [1.29, 1.82) is 0 Å². The summed E-state index contributed by atoms with van der Waals surface area (Å²) >= 11 is -1.32. The van der Waals surface area contributed by atoms with Crippen LogP contribution in [-0.2, 0) is 16.9 Å². The van der Waals surface area contributed by atoms with Crippen molar-refractivity contribution in [2.75, 3.05) is 5.73 Å². The molecule has 0 bridgehead atoms. The summed E-state index contributed by atoms with van der Waals surface area (Å²) in [6.07, 6.45) is 7.70. The second-order valence-electron chi connectivity index (χ2n) is 8.34. The first kappa shape index (κ1) is 20.1. The molecule has 0 spiro atoms. The minimum absolute atomic E-state index is 0.0979.